The van der Waals surface area contributed by atoms with Gasteiger partial charge in [-0.05, 0) is 35.2 Å². The Morgan fingerprint density at radius 2 is 1.78 bits per heavy atom. The Kier molecular flexibility index (Phi) is 3.63. The van der Waals surface area contributed by atoms with Crippen LogP contribution in [0.15, 0.2) is 48.5 Å². The first-order valence-corrected chi connectivity index (χ1v) is 5.82. The molecule has 0 fully saturated rings. The Morgan fingerprint density at radius 3 is 2.44 bits per heavy atom. The maximum Gasteiger partial charge on any atom is 0.217 e. The zero-order chi connectivity index (χ0) is 13.0. The van der Waals surface area contributed by atoms with Gasteiger partial charge in [-0.2, -0.15) is 0 Å². The number of rotatable bonds is 4. The largest absolute Gasteiger partial charge is 0.508 e. The minimum atomic E-state index is -0.287. The Balaban J connectivity index is 2.21. The lowest BCUT2D eigenvalue weighted by Crippen LogP contribution is -2.11. The Hall–Kier alpha value is -2.29. The smallest absolute Gasteiger partial charge is 0.217 e. The molecule has 2 rings (SSSR count). The molecule has 2 aromatic rings. The fourth-order valence-corrected chi connectivity index (χ4v) is 1.83. The second-order valence-electron chi connectivity index (χ2n) is 4.21. The molecule has 0 aliphatic rings. The van der Waals surface area contributed by atoms with Gasteiger partial charge in [-0.15, -0.1) is 0 Å². The summed E-state index contributed by atoms with van der Waals surface area (Å²) in [6.07, 6.45) is 1.01. The predicted molar refractivity (Wildman–Crippen MR) is 71.1 cm³/mol. The minimum absolute atomic E-state index is 0.253. The first kappa shape index (κ1) is 12.2. The van der Waals surface area contributed by atoms with Crippen LogP contribution in [0.5, 0.6) is 5.75 Å². The number of phenolic OH excluding ortho intramolecular Hbond substituents is 1. The van der Waals surface area contributed by atoms with E-state index >= 15 is 0 Å². The summed E-state index contributed by atoms with van der Waals surface area (Å²) in [5.41, 5.74) is 8.32. The van der Waals surface area contributed by atoms with Crippen molar-refractivity contribution in [3.05, 3.63) is 54.1 Å². The van der Waals surface area contributed by atoms with Crippen molar-refractivity contribution in [2.45, 2.75) is 12.8 Å². The summed E-state index contributed by atoms with van der Waals surface area (Å²) in [5.74, 6) is -0.0336. The Labute approximate surface area is 106 Å². The van der Waals surface area contributed by atoms with Crippen molar-refractivity contribution >= 4 is 5.91 Å². The van der Waals surface area contributed by atoms with E-state index in [4.69, 9.17) is 5.73 Å². The summed E-state index contributed by atoms with van der Waals surface area (Å²) in [6, 6.07) is 15.0. The van der Waals surface area contributed by atoms with Gasteiger partial charge in [0.25, 0.3) is 0 Å². The molecule has 2 aromatic carbocycles. The zero-order valence-corrected chi connectivity index (χ0v) is 9.97. The van der Waals surface area contributed by atoms with Gasteiger partial charge in [0.05, 0.1) is 0 Å². The number of hydrogen-bond acceptors (Lipinski definition) is 2. The van der Waals surface area contributed by atoms with Crippen molar-refractivity contribution < 1.29 is 9.90 Å². The number of aryl methyl sites for hydroxylation is 1. The van der Waals surface area contributed by atoms with Crippen LogP contribution in [-0.2, 0) is 11.2 Å². The molecule has 0 aliphatic heterocycles. The summed E-state index contributed by atoms with van der Waals surface area (Å²) in [6.45, 7) is 0. The van der Waals surface area contributed by atoms with Gasteiger partial charge in [0.15, 0.2) is 0 Å². The fourth-order valence-electron chi connectivity index (χ4n) is 1.83. The van der Waals surface area contributed by atoms with Crippen LogP contribution < -0.4 is 5.73 Å². The van der Waals surface area contributed by atoms with Gasteiger partial charge in [-0.1, -0.05) is 36.4 Å². The molecule has 0 aromatic heterocycles. The lowest BCUT2D eigenvalue weighted by Gasteiger charge is -2.05. The van der Waals surface area contributed by atoms with Crippen LogP contribution in [0.25, 0.3) is 11.1 Å². The van der Waals surface area contributed by atoms with Gasteiger partial charge >= 0.3 is 0 Å². The summed E-state index contributed by atoms with van der Waals surface area (Å²) >= 11 is 0. The van der Waals surface area contributed by atoms with Gasteiger partial charge in [-0.3, -0.25) is 4.79 Å². The van der Waals surface area contributed by atoms with E-state index in [1.54, 1.807) is 12.1 Å². The first-order valence-electron chi connectivity index (χ1n) is 5.82. The molecule has 1 amide bonds. The highest BCUT2D eigenvalue weighted by Crippen LogP contribution is 2.23. The van der Waals surface area contributed by atoms with E-state index in [-0.39, 0.29) is 11.7 Å². The molecule has 0 unspecified atom stereocenters. The fraction of sp³-hybridized carbons (Fsp3) is 0.133. The lowest BCUT2D eigenvalue weighted by atomic mass is 10.0. The summed E-state index contributed by atoms with van der Waals surface area (Å²) in [4.78, 5) is 10.8. The van der Waals surface area contributed by atoms with E-state index in [1.165, 1.54) is 0 Å². The molecule has 3 heteroatoms. The lowest BCUT2D eigenvalue weighted by molar-refractivity contribution is -0.117. The quantitative estimate of drug-likeness (QED) is 0.863. The Morgan fingerprint density at radius 1 is 1.06 bits per heavy atom. The monoisotopic (exact) mass is 241 g/mol. The maximum absolute atomic E-state index is 10.8. The van der Waals surface area contributed by atoms with Crippen molar-refractivity contribution in [3.63, 3.8) is 0 Å². The predicted octanol–water partition coefficient (Wildman–Crippen LogP) is 2.48. The van der Waals surface area contributed by atoms with E-state index < -0.39 is 0 Å². The highest BCUT2D eigenvalue weighted by molar-refractivity contribution is 5.74. The number of nitrogens with two attached hydrogens (primary N) is 1. The minimum Gasteiger partial charge on any atom is -0.508 e. The third kappa shape index (κ3) is 3.10. The van der Waals surface area contributed by atoms with Crippen molar-refractivity contribution in [3.8, 4) is 16.9 Å². The molecular weight excluding hydrogens is 226 g/mol. The highest BCUT2D eigenvalue weighted by Gasteiger charge is 2.01. The van der Waals surface area contributed by atoms with Crippen LogP contribution >= 0.6 is 0 Å². The molecule has 3 nitrogen and oxygen atoms in total. The van der Waals surface area contributed by atoms with Crippen molar-refractivity contribution in [2.24, 2.45) is 5.73 Å². The molecule has 0 heterocycles. The van der Waals surface area contributed by atoms with Crippen LogP contribution in [0.4, 0.5) is 0 Å². The van der Waals surface area contributed by atoms with E-state index in [1.807, 2.05) is 36.4 Å². The van der Waals surface area contributed by atoms with Crippen molar-refractivity contribution in [2.75, 3.05) is 0 Å². The molecule has 3 N–H and O–H groups in total. The molecule has 0 bridgehead atoms. The zero-order valence-electron chi connectivity index (χ0n) is 9.97. The van der Waals surface area contributed by atoms with E-state index in [0.29, 0.717) is 12.8 Å². The molecule has 18 heavy (non-hydrogen) atoms. The molecule has 0 radical (unpaired) electrons. The summed E-state index contributed by atoms with van der Waals surface area (Å²) in [5, 5.41) is 9.25. The van der Waals surface area contributed by atoms with Gasteiger partial charge < -0.3 is 10.8 Å². The first-order chi connectivity index (χ1) is 8.65. The van der Waals surface area contributed by atoms with Crippen LogP contribution in [0, 0.1) is 0 Å². The topological polar surface area (TPSA) is 63.3 Å². The van der Waals surface area contributed by atoms with Crippen LogP contribution in [0.3, 0.4) is 0 Å². The van der Waals surface area contributed by atoms with Crippen LogP contribution in [0.2, 0.25) is 0 Å². The third-order valence-electron chi connectivity index (χ3n) is 2.79. The number of amides is 1. The van der Waals surface area contributed by atoms with Gasteiger partial charge in [-0.25, -0.2) is 0 Å². The van der Waals surface area contributed by atoms with E-state index in [9.17, 15) is 9.90 Å². The molecular formula is C15H15NO2. The number of benzene rings is 2. The maximum atomic E-state index is 10.8. The second-order valence-corrected chi connectivity index (χ2v) is 4.21. The number of hydrogen-bond donors (Lipinski definition) is 2. The Bertz CT molecular complexity index is 547. The molecule has 0 atom stereocenters. The van der Waals surface area contributed by atoms with Crippen molar-refractivity contribution in [1.82, 2.24) is 0 Å². The van der Waals surface area contributed by atoms with Gasteiger partial charge in [0, 0.05) is 6.42 Å². The normalized spacial score (nSPS) is 10.2. The molecule has 0 saturated heterocycles. The summed E-state index contributed by atoms with van der Waals surface area (Å²) < 4.78 is 0. The molecule has 0 spiro atoms. The van der Waals surface area contributed by atoms with Crippen LogP contribution in [0.1, 0.15) is 12.0 Å². The van der Waals surface area contributed by atoms with Gasteiger partial charge in [0.2, 0.25) is 5.91 Å². The van der Waals surface area contributed by atoms with Crippen molar-refractivity contribution in [1.29, 1.82) is 0 Å². The number of aromatic hydroxyl groups is 1. The SMILES string of the molecule is NC(=O)CCc1cccc(-c2ccc(O)cc2)c1. The summed E-state index contributed by atoms with van der Waals surface area (Å²) in [7, 11) is 0. The third-order valence-corrected chi connectivity index (χ3v) is 2.79. The standard InChI is InChI=1S/C15H15NO2/c16-15(18)9-4-11-2-1-3-13(10-11)12-5-7-14(17)8-6-12/h1-3,5-8,10,17H,4,9H2,(H2,16,18). The average molecular weight is 241 g/mol. The molecule has 0 saturated carbocycles. The van der Waals surface area contributed by atoms with Gasteiger partial charge in [0.1, 0.15) is 5.75 Å². The van der Waals surface area contributed by atoms with E-state index in [2.05, 4.69) is 0 Å². The van der Waals surface area contributed by atoms with E-state index in [0.717, 1.165) is 16.7 Å². The highest BCUT2D eigenvalue weighted by atomic mass is 16.3. The van der Waals surface area contributed by atoms with Crippen LogP contribution in [-0.4, -0.2) is 11.0 Å². The number of phenols is 1. The number of carbonyl (C=O) groups is 1. The second kappa shape index (κ2) is 5.36. The number of carbonyl (C=O) groups excluding carboxylic acids is 1. The number of primary amides is 1. The molecule has 0 aliphatic carbocycles. The molecule has 92 valence electrons. The average Bonchev–Trinajstić information content (AvgIpc) is 2.37.